The first kappa shape index (κ1) is 22.9. The first-order chi connectivity index (χ1) is 17.0. The van der Waals surface area contributed by atoms with Gasteiger partial charge < -0.3 is 10.6 Å². The molecule has 0 saturated carbocycles. The Bertz CT molecular complexity index is 1390. The number of carbonyl (C=O) groups excluding carboxylic acids is 1. The quantitative estimate of drug-likeness (QED) is 0.325. The average molecular weight is 482 g/mol. The number of carbonyl (C=O) groups is 1. The minimum absolute atomic E-state index is 0.165. The van der Waals surface area contributed by atoms with Crippen LogP contribution in [0.4, 0.5) is 11.6 Å². The van der Waals surface area contributed by atoms with Crippen molar-refractivity contribution in [1.29, 1.82) is 0 Å². The zero-order chi connectivity index (χ0) is 24.4. The van der Waals surface area contributed by atoms with Gasteiger partial charge in [0.2, 0.25) is 11.1 Å². The Morgan fingerprint density at radius 2 is 1.69 bits per heavy atom. The number of hydrogen-bond donors (Lipinski definition) is 2. The van der Waals surface area contributed by atoms with Crippen molar-refractivity contribution in [2.45, 2.75) is 37.7 Å². The van der Waals surface area contributed by atoms with Gasteiger partial charge in [0.05, 0.1) is 5.57 Å². The number of nitrogens with one attached hydrogen (secondary N) is 2. The number of amides is 1. The van der Waals surface area contributed by atoms with E-state index in [1.165, 1.54) is 11.1 Å². The van der Waals surface area contributed by atoms with Crippen LogP contribution in [-0.2, 0) is 10.5 Å². The highest BCUT2D eigenvalue weighted by Gasteiger charge is 2.34. The van der Waals surface area contributed by atoms with Crippen molar-refractivity contribution in [3.05, 3.63) is 112 Å². The zero-order valence-corrected chi connectivity index (χ0v) is 20.8. The second-order valence-corrected chi connectivity index (χ2v) is 9.62. The van der Waals surface area contributed by atoms with Crippen LogP contribution in [0.15, 0.2) is 95.3 Å². The van der Waals surface area contributed by atoms with Gasteiger partial charge in [-0.2, -0.15) is 4.98 Å². The number of rotatable bonds is 6. The van der Waals surface area contributed by atoms with E-state index in [1.807, 2.05) is 48.0 Å². The lowest BCUT2D eigenvalue weighted by molar-refractivity contribution is -0.113. The van der Waals surface area contributed by atoms with Crippen molar-refractivity contribution in [3.63, 3.8) is 0 Å². The van der Waals surface area contributed by atoms with Crippen molar-refractivity contribution >= 4 is 29.3 Å². The number of fused-ring (bicyclic) bond motifs is 1. The molecule has 4 aromatic rings. The SMILES string of the molecule is CC1=C(C(=O)Nc2ccccc2)[C@H](c2ccc(C)cc2)n2nc(SCc3ccccc3C)nc2N1. The number of nitrogens with zero attached hydrogens (tertiary/aromatic N) is 3. The molecule has 176 valence electrons. The summed E-state index contributed by atoms with van der Waals surface area (Å²) in [4.78, 5) is 18.3. The number of aryl methyl sites for hydroxylation is 2. The summed E-state index contributed by atoms with van der Waals surface area (Å²) in [5.74, 6) is 1.25. The van der Waals surface area contributed by atoms with Gasteiger partial charge in [0.1, 0.15) is 6.04 Å². The van der Waals surface area contributed by atoms with Crippen LogP contribution in [0.1, 0.15) is 35.2 Å². The van der Waals surface area contributed by atoms with Crippen LogP contribution in [0.25, 0.3) is 0 Å². The molecule has 0 fully saturated rings. The summed E-state index contributed by atoms with van der Waals surface area (Å²) in [6.07, 6.45) is 0. The third-order valence-corrected chi connectivity index (χ3v) is 7.01. The molecule has 3 aromatic carbocycles. The Morgan fingerprint density at radius 1 is 0.971 bits per heavy atom. The highest BCUT2D eigenvalue weighted by atomic mass is 32.2. The number of hydrogen-bond acceptors (Lipinski definition) is 5. The van der Waals surface area contributed by atoms with Gasteiger partial charge in [-0.05, 0) is 49.6 Å². The van der Waals surface area contributed by atoms with Gasteiger partial charge in [0.25, 0.3) is 5.91 Å². The Morgan fingerprint density at radius 3 is 2.43 bits per heavy atom. The summed E-state index contributed by atoms with van der Waals surface area (Å²) in [5, 5.41) is 11.9. The third kappa shape index (κ3) is 4.86. The van der Waals surface area contributed by atoms with Crippen LogP contribution >= 0.6 is 11.8 Å². The predicted molar refractivity (Wildman–Crippen MR) is 141 cm³/mol. The van der Waals surface area contributed by atoms with Crippen molar-refractivity contribution in [2.75, 3.05) is 10.6 Å². The standard InChI is InChI=1S/C28H27N5OS/c1-18-13-15-21(16-14-18)25-24(26(34)30-23-11-5-4-6-12-23)20(3)29-27-31-28(32-33(25)27)35-17-22-10-8-7-9-19(22)2/h4-16,25H,17H2,1-3H3,(H,30,34)(H,29,31,32)/t25-/m0/s1. The topological polar surface area (TPSA) is 71.8 Å². The molecule has 1 aromatic heterocycles. The van der Waals surface area contributed by atoms with Crippen LogP contribution in [0, 0.1) is 13.8 Å². The van der Waals surface area contributed by atoms with Crippen molar-refractivity contribution < 1.29 is 4.79 Å². The summed E-state index contributed by atoms with van der Waals surface area (Å²) in [6, 6.07) is 25.7. The molecule has 6 nitrogen and oxygen atoms in total. The summed E-state index contributed by atoms with van der Waals surface area (Å²) >= 11 is 1.59. The molecule has 0 saturated heterocycles. The fraction of sp³-hybridized carbons (Fsp3) is 0.179. The van der Waals surface area contributed by atoms with E-state index < -0.39 is 6.04 Å². The summed E-state index contributed by atoms with van der Waals surface area (Å²) in [7, 11) is 0. The average Bonchev–Trinajstić information content (AvgIpc) is 3.26. The molecule has 2 N–H and O–H groups in total. The third-order valence-electron chi connectivity index (χ3n) is 6.12. The van der Waals surface area contributed by atoms with E-state index >= 15 is 0 Å². The predicted octanol–water partition coefficient (Wildman–Crippen LogP) is 6.11. The Kier molecular flexibility index (Phi) is 6.42. The summed E-state index contributed by atoms with van der Waals surface area (Å²) in [6.45, 7) is 6.08. The van der Waals surface area contributed by atoms with Gasteiger partial charge in [0, 0.05) is 17.1 Å². The molecule has 5 rings (SSSR count). The van der Waals surface area contributed by atoms with Crippen LogP contribution in [0.3, 0.4) is 0 Å². The molecule has 0 spiro atoms. The van der Waals surface area contributed by atoms with Gasteiger partial charge in [-0.1, -0.05) is 84.1 Å². The molecule has 0 radical (unpaired) electrons. The lowest BCUT2D eigenvalue weighted by Crippen LogP contribution is -2.31. The zero-order valence-electron chi connectivity index (χ0n) is 19.9. The van der Waals surface area contributed by atoms with Gasteiger partial charge >= 0.3 is 0 Å². The molecular weight excluding hydrogens is 454 g/mol. The molecule has 1 aliphatic heterocycles. The first-order valence-corrected chi connectivity index (χ1v) is 12.5. The number of thioether (sulfide) groups is 1. The Hall–Kier alpha value is -3.84. The second-order valence-electron chi connectivity index (χ2n) is 8.67. The molecular formula is C28H27N5OS. The molecule has 0 unspecified atom stereocenters. The largest absolute Gasteiger partial charge is 0.328 e. The lowest BCUT2D eigenvalue weighted by Gasteiger charge is -2.28. The fourth-order valence-electron chi connectivity index (χ4n) is 4.18. The van der Waals surface area contributed by atoms with E-state index in [-0.39, 0.29) is 5.91 Å². The van der Waals surface area contributed by atoms with E-state index in [2.05, 4.69) is 66.9 Å². The molecule has 1 amide bonds. The lowest BCUT2D eigenvalue weighted by atomic mass is 9.94. The van der Waals surface area contributed by atoms with Crippen LogP contribution in [0.5, 0.6) is 0 Å². The smallest absolute Gasteiger partial charge is 0.255 e. The Balaban J connectivity index is 1.49. The number of benzene rings is 3. The highest BCUT2D eigenvalue weighted by molar-refractivity contribution is 7.98. The summed E-state index contributed by atoms with van der Waals surface area (Å²) in [5.41, 5.74) is 6.77. The molecule has 0 aliphatic carbocycles. The molecule has 0 bridgehead atoms. The Labute approximate surface area is 209 Å². The molecule has 7 heteroatoms. The maximum absolute atomic E-state index is 13.5. The maximum atomic E-state index is 13.5. The number of allylic oxidation sites excluding steroid dienone is 1. The van der Waals surface area contributed by atoms with Crippen LogP contribution < -0.4 is 10.6 Å². The minimum Gasteiger partial charge on any atom is -0.328 e. The molecule has 2 heterocycles. The summed E-state index contributed by atoms with van der Waals surface area (Å²) < 4.78 is 1.83. The van der Waals surface area contributed by atoms with Crippen molar-refractivity contribution in [1.82, 2.24) is 14.8 Å². The van der Waals surface area contributed by atoms with Gasteiger partial charge in [-0.15, -0.1) is 5.10 Å². The van der Waals surface area contributed by atoms with E-state index in [1.54, 1.807) is 11.8 Å². The second kappa shape index (κ2) is 9.80. The minimum atomic E-state index is -0.393. The van der Waals surface area contributed by atoms with Gasteiger partial charge in [0.15, 0.2) is 0 Å². The maximum Gasteiger partial charge on any atom is 0.255 e. The van der Waals surface area contributed by atoms with Crippen LogP contribution in [-0.4, -0.2) is 20.7 Å². The normalized spacial score (nSPS) is 14.9. The fourth-order valence-corrected chi connectivity index (χ4v) is 5.08. The number of anilines is 2. The number of para-hydroxylation sites is 1. The van der Waals surface area contributed by atoms with Crippen molar-refractivity contribution in [2.24, 2.45) is 0 Å². The molecule has 35 heavy (non-hydrogen) atoms. The van der Waals surface area contributed by atoms with Crippen molar-refractivity contribution in [3.8, 4) is 0 Å². The number of aromatic nitrogens is 3. The van der Waals surface area contributed by atoms with E-state index in [0.29, 0.717) is 16.7 Å². The molecule has 1 atom stereocenters. The van der Waals surface area contributed by atoms with Gasteiger partial charge in [-0.25, -0.2) is 4.68 Å². The highest BCUT2D eigenvalue weighted by Crippen LogP contribution is 2.37. The van der Waals surface area contributed by atoms with E-state index in [9.17, 15) is 4.79 Å². The first-order valence-electron chi connectivity index (χ1n) is 11.5. The van der Waals surface area contributed by atoms with E-state index in [4.69, 9.17) is 10.1 Å². The molecule has 1 aliphatic rings. The monoisotopic (exact) mass is 481 g/mol. The van der Waals surface area contributed by atoms with Gasteiger partial charge in [-0.3, -0.25) is 4.79 Å². The van der Waals surface area contributed by atoms with E-state index in [0.717, 1.165) is 28.3 Å². The van der Waals surface area contributed by atoms with Crippen LogP contribution in [0.2, 0.25) is 0 Å².